The van der Waals surface area contributed by atoms with Gasteiger partial charge in [0, 0.05) is 6.08 Å². The highest BCUT2D eigenvalue weighted by atomic mass is 35.5. The molecule has 0 aromatic rings. The van der Waals surface area contributed by atoms with Gasteiger partial charge in [0.25, 0.3) is 0 Å². The van der Waals surface area contributed by atoms with Gasteiger partial charge in [-0.2, -0.15) is 5.26 Å². The molecule has 3 heteroatoms. The Morgan fingerprint density at radius 3 is 2.60 bits per heavy atom. The maximum atomic E-state index is 10.5. The highest BCUT2D eigenvalue weighted by molar-refractivity contribution is 6.64. The Balaban J connectivity index is 4.24. The smallest absolute Gasteiger partial charge is 0.228 e. The third kappa shape index (κ3) is 2.65. The van der Waals surface area contributed by atoms with E-state index in [-0.39, 0.29) is 5.92 Å². The summed E-state index contributed by atoms with van der Waals surface area (Å²) in [7, 11) is 0. The zero-order chi connectivity index (χ0) is 8.15. The van der Waals surface area contributed by atoms with Crippen LogP contribution >= 0.6 is 11.6 Å². The number of hydrogen-bond donors (Lipinski definition) is 0. The van der Waals surface area contributed by atoms with Crippen LogP contribution in [0.3, 0.4) is 0 Å². The molecule has 0 radical (unpaired) electrons. The van der Waals surface area contributed by atoms with E-state index in [0.29, 0.717) is 5.57 Å². The van der Waals surface area contributed by atoms with E-state index in [1.807, 2.05) is 6.07 Å². The third-order valence-corrected chi connectivity index (χ3v) is 1.64. The molecule has 0 saturated heterocycles. The summed E-state index contributed by atoms with van der Waals surface area (Å²) >= 11 is 5.17. The van der Waals surface area contributed by atoms with Crippen molar-refractivity contribution in [3.05, 3.63) is 11.6 Å². The van der Waals surface area contributed by atoms with Crippen LogP contribution in [0.1, 0.15) is 13.8 Å². The monoisotopic (exact) mass is 157 g/mol. The van der Waals surface area contributed by atoms with Crippen molar-refractivity contribution >= 4 is 16.8 Å². The lowest BCUT2D eigenvalue weighted by atomic mass is 10.1. The molecule has 0 spiro atoms. The van der Waals surface area contributed by atoms with E-state index in [0.717, 1.165) is 0 Å². The van der Waals surface area contributed by atoms with Crippen LogP contribution in [0.25, 0.3) is 0 Å². The fourth-order valence-electron chi connectivity index (χ4n) is 0.406. The summed E-state index contributed by atoms with van der Waals surface area (Å²) < 4.78 is 0. The van der Waals surface area contributed by atoms with Gasteiger partial charge < -0.3 is 0 Å². The SMILES string of the molecule is C/C(=C/C#N)C(C)C(=O)Cl. The number of nitriles is 1. The Morgan fingerprint density at radius 1 is 1.80 bits per heavy atom. The number of carbonyl (C=O) groups excluding carboxylic acids is 1. The van der Waals surface area contributed by atoms with Crippen molar-refractivity contribution in [3.8, 4) is 6.07 Å². The van der Waals surface area contributed by atoms with Crippen LogP contribution in [0.5, 0.6) is 0 Å². The van der Waals surface area contributed by atoms with Gasteiger partial charge in [0.15, 0.2) is 0 Å². The molecule has 0 saturated carbocycles. The highest BCUT2D eigenvalue weighted by Crippen LogP contribution is 2.11. The van der Waals surface area contributed by atoms with Gasteiger partial charge >= 0.3 is 0 Å². The molecule has 0 heterocycles. The van der Waals surface area contributed by atoms with Crippen LogP contribution in [0.2, 0.25) is 0 Å². The van der Waals surface area contributed by atoms with Crippen LogP contribution in [0.15, 0.2) is 11.6 Å². The Kier molecular flexibility index (Phi) is 3.75. The lowest BCUT2D eigenvalue weighted by Crippen LogP contribution is -2.04. The molecule has 1 unspecified atom stereocenters. The quantitative estimate of drug-likeness (QED) is 0.454. The first-order valence-electron chi connectivity index (χ1n) is 2.85. The molecule has 0 aliphatic carbocycles. The summed E-state index contributed by atoms with van der Waals surface area (Å²) in [5.74, 6) is -0.346. The molecule has 0 amide bonds. The Bertz CT molecular complexity index is 202. The largest absolute Gasteiger partial charge is 0.281 e. The summed E-state index contributed by atoms with van der Waals surface area (Å²) in [6.07, 6.45) is 1.32. The third-order valence-electron chi connectivity index (χ3n) is 1.32. The molecule has 0 N–H and O–H groups in total. The van der Waals surface area contributed by atoms with Crippen molar-refractivity contribution < 1.29 is 4.79 Å². The van der Waals surface area contributed by atoms with Gasteiger partial charge in [-0.25, -0.2) is 0 Å². The predicted molar refractivity (Wildman–Crippen MR) is 39.4 cm³/mol. The fourth-order valence-corrected chi connectivity index (χ4v) is 0.578. The van der Waals surface area contributed by atoms with Gasteiger partial charge in [0.05, 0.1) is 12.0 Å². The maximum Gasteiger partial charge on any atom is 0.228 e. The molecule has 0 aromatic heterocycles. The van der Waals surface area contributed by atoms with Crippen molar-refractivity contribution in [2.45, 2.75) is 13.8 Å². The zero-order valence-electron chi connectivity index (χ0n) is 5.89. The average Bonchev–Trinajstić information content (AvgIpc) is 1.87. The minimum absolute atomic E-state index is 0.346. The molecule has 0 rings (SSSR count). The molecule has 0 aromatic carbocycles. The first-order chi connectivity index (χ1) is 4.59. The van der Waals surface area contributed by atoms with E-state index >= 15 is 0 Å². The number of rotatable bonds is 2. The van der Waals surface area contributed by atoms with Gasteiger partial charge in [0.1, 0.15) is 0 Å². The van der Waals surface area contributed by atoms with Crippen molar-refractivity contribution in [2.75, 3.05) is 0 Å². The molecule has 10 heavy (non-hydrogen) atoms. The van der Waals surface area contributed by atoms with E-state index in [1.165, 1.54) is 6.08 Å². The van der Waals surface area contributed by atoms with Gasteiger partial charge in [-0.15, -0.1) is 0 Å². The first-order valence-corrected chi connectivity index (χ1v) is 3.23. The molecule has 1 atom stereocenters. The highest BCUT2D eigenvalue weighted by Gasteiger charge is 2.10. The van der Waals surface area contributed by atoms with Crippen LogP contribution in [0.4, 0.5) is 0 Å². The minimum Gasteiger partial charge on any atom is -0.281 e. The van der Waals surface area contributed by atoms with E-state index in [2.05, 4.69) is 0 Å². The maximum absolute atomic E-state index is 10.5. The second kappa shape index (κ2) is 4.08. The molecule has 0 aliphatic heterocycles. The summed E-state index contributed by atoms with van der Waals surface area (Å²) in [5, 5.41) is 7.76. The molecular formula is C7H8ClNO. The number of halogens is 1. The lowest BCUT2D eigenvalue weighted by molar-refractivity contribution is -0.113. The normalized spacial score (nSPS) is 14.0. The van der Waals surface area contributed by atoms with Gasteiger partial charge in [-0.1, -0.05) is 12.5 Å². The number of carbonyl (C=O) groups is 1. The number of nitrogens with zero attached hydrogens (tertiary/aromatic N) is 1. The summed E-state index contributed by atoms with van der Waals surface area (Å²) in [6, 6.07) is 1.83. The van der Waals surface area contributed by atoms with Gasteiger partial charge in [0.2, 0.25) is 5.24 Å². The van der Waals surface area contributed by atoms with Crippen LogP contribution in [-0.4, -0.2) is 5.24 Å². The Morgan fingerprint density at radius 2 is 2.30 bits per heavy atom. The average molecular weight is 158 g/mol. The number of hydrogen-bond acceptors (Lipinski definition) is 2. The predicted octanol–water partition coefficient (Wildman–Crippen LogP) is 1.86. The molecular weight excluding hydrogens is 150 g/mol. The van der Waals surface area contributed by atoms with Gasteiger partial charge in [-0.3, -0.25) is 4.79 Å². The summed E-state index contributed by atoms with van der Waals surface area (Å²) in [6.45, 7) is 3.37. The number of allylic oxidation sites excluding steroid dienone is 2. The zero-order valence-corrected chi connectivity index (χ0v) is 6.64. The van der Waals surface area contributed by atoms with Crippen molar-refractivity contribution in [1.82, 2.24) is 0 Å². The topological polar surface area (TPSA) is 40.9 Å². The van der Waals surface area contributed by atoms with E-state index < -0.39 is 5.24 Å². The van der Waals surface area contributed by atoms with E-state index in [4.69, 9.17) is 16.9 Å². The van der Waals surface area contributed by atoms with E-state index in [9.17, 15) is 4.79 Å². The molecule has 0 bridgehead atoms. The van der Waals surface area contributed by atoms with Crippen molar-refractivity contribution in [3.63, 3.8) is 0 Å². The fraction of sp³-hybridized carbons (Fsp3) is 0.429. The molecule has 0 aliphatic rings. The first kappa shape index (κ1) is 9.19. The molecule has 54 valence electrons. The lowest BCUT2D eigenvalue weighted by Gasteiger charge is -2.02. The van der Waals surface area contributed by atoms with Gasteiger partial charge in [-0.05, 0) is 18.5 Å². The van der Waals surface area contributed by atoms with Crippen LogP contribution in [-0.2, 0) is 4.79 Å². The van der Waals surface area contributed by atoms with Crippen LogP contribution in [0, 0.1) is 17.2 Å². The summed E-state index contributed by atoms with van der Waals surface area (Å²) in [5.41, 5.74) is 0.697. The minimum atomic E-state index is -0.427. The molecule has 0 fully saturated rings. The summed E-state index contributed by atoms with van der Waals surface area (Å²) in [4.78, 5) is 10.5. The standard InChI is InChI=1S/C7H8ClNO/c1-5(3-4-9)6(2)7(8)10/h3,6H,1-2H3/b5-3-. The van der Waals surface area contributed by atoms with E-state index in [1.54, 1.807) is 13.8 Å². The van der Waals surface area contributed by atoms with Crippen molar-refractivity contribution in [1.29, 1.82) is 5.26 Å². The Labute approximate surface area is 65.1 Å². The second-order valence-electron chi connectivity index (χ2n) is 2.04. The van der Waals surface area contributed by atoms with Crippen LogP contribution < -0.4 is 0 Å². The van der Waals surface area contributed by atoms with Crippen molar-refractivity contribution in [2.24, 2.45) is 5.92 Å². The molecule has 2 nitrogen and oxygen atoms in total. The second-order valence-corrected chi connectivity index (χ2v) is 2.42. The Hall–Kier alpha value is -0.810.